The molecule has 6 nitrogen and oxygen atoms in total. The first-order valence-electron chi connectivity index (χ1n) is 10.5. The third-order valence-corrected chi connectivity index (χ3v) is 6.78. The van der Waals surface area contributed by atoms with Crippen molar-refractivity contribution in [1.29, 1.82) is 0 Å². The Bertz CT molecular complexity index is 893. The van der Waals surface area contributed by atoms with Crippen LogP contribution < -0.4 is 4.90 Å². The van der Waals surface area contributed by atoms with Crippen LogP contribution >= 0.6 is 11.5 Å². The number of nitrogens with zero attached hydrogens (tertiary/aromatic N) is 4. The van der Waals surface area contributed by atoms with Gasteiger partial charge in [-0.1, -0.05) is 19.1 Å². The molecular formula is C22H29FN4O2S. The fourth-order valence-corrected chi connectivity index (χ4v) is 4.89. The van der Waals surface area contributed by atoms with Crippen LogP contribution in [0.4, 0.5) is 14.3 Å². The van der Waals surface area contributed by atoms with E-state index in [9.17, 15) is 9.18 Å². The Morgan fingerprint density at radius 1 is 1.20 bits per heavy atom. The summed E-state index contributed by atoms with van der Waals surface area (Å²) in [6.45, 7) is 11.1. The molecule has 162 valence electrons. The van der Waals surface area contributed by atoms with Crippen LogP contribution in [0, 0.1) is 11.2 Å². The maximum Gasteiger partial charge on any atom is 0.410 e. The normalized spacial score (nSPS) is 19.5. The molecule has 8 heteroatoms. The van der Waals surface area contributed by atoms with Gasteiger partial charge in [-0.05, 0) is 51.3 Å². The highest BCUT2D eigenvalue weighted by atomic mass is 32.1. The lowest BCUT2D eigenvalue weighted by Crippen LogP contribution is -2.61. The van der Waals surface area contributed by atoms with Gasteiger partial charge < -0.3 is 14.5 Å². The number of piperidine rings is 1. The second-order valence-corrected chi connectivity index (χ2v) is 10.3. The number of carbonyl (C=O) groups excluding carboxylic acids is 1. The van der Waals surface area contributed by atoms with Crippen LogP contribution in [0.25, 0.3) is 0 Å². The Kier molecular flexibility index (Phi) is 5.46. The number of carbonyl (C=O) groups is 1. The van der Waals surface area contributed by atoms with Gasteiger partial charge in [0.15, 0.2) is 5.82 Å². The molecule has 2 aromatic rings. The molecule has 0 radical (unpaired) electrons. The SMILES string of the molecule is CC(c1ccc(F)cc1)c1nsc(N2CC3(CCN(C(=O)OC(C)(C)C)CC3)C2)n1. The van der Waals surface area contributed by atoms with Gasteiger partial charge in [-0.3, -0.25) is 0 Å². The Hall–Kier alpha value is -2.22. The van der Waals surface area contributed by atoms with Crippen molar-refractivity contribution in [2.75, 3.05) is 31.1 Å². The summed E-state index contributed by atoms with van der Waals surface area (Å²) in [5.74, 6) is 0.576. The fourth-order valence-electron chi connectivity index (χ4n) is 4.14. The van der Waals surface area contributed by atoms with Crippen LogP contribution in [0.2, 0.25) is 0 Å². The van der Waals surface area contributed by atoms with Crippen molar-refractivity contribution in [2.45, 2.75) is 52.1 Å². The van der Waals surface area contributed by atoms with E-state index < -0.39 is 5.60 Å². The van der Waals surface area contributed by atoms with Crippen molar-refractivity contribution in [1.82, 2.24) is 14.3 Å². The molecule has 0 saturated carbocycles. The second-order valence-electron chi connectivity index (χ2n) is 9.53. The summed E-state index contributed by atoms with van der Waals surface area (Å²) in [5.41, 5.74) is 0.808. The molecule has 1 spiro atoms. The predicted molar refractivity (Wildman–Crippen MR) is 116 cm³/mol. The fraction of sp³-hybridized carbons (Fsp3) is 0.591. The van der Waals surface area contributed by atoms with Crippen molar-refractivity contribution in [3.05, 3.63) is 41.5 Å². The summed E-state index contributed by atoms with van der Waals surface area (Å²) in [4.78, 5) is 21.1. The van der Waals surface area contributed by atoms with Crippen molar-refractivity contribution in [3.63, 3.8) is 0 Å². The molecule has 3 heterocycles. The smallest absolute Gasteiger partial charge is 0.410 e. The van der Waals surface area contributed by atoms with E-state index in [1.807, 2.05) is 32.6 Å². The number of aromatic nitrogens is 2. The number of amides is 1. The van der Waals surface area contributed by atoms with Crippen LogP contribution in [-0.2, 0) is 4.74 Å². The third-order valence-electron chi connectivity index (χ3n) is 5.99. The van der Waals surface area contributed by atoms with Crippen molar-refractivity contribution in [2.24, 2.45) is 5.41 Å². The van der Waals surface area contributed by atoms with Crippen molar-refractivity contribution >= 4 is 22.8 Å². The van der Waals surface area contributed by atoms with E-state index in [-0.39, 0.29) is 23.2 Å². The number of likely N-dealkylation sites (tertiary alicyclic amines) is 1. The molecule has 2 aliphatic heterocycles. The number of hydrogen-bond donors (Lipinski definition) is 0. The van der Waals surface area contributed by atoms with Crippen LogP contribution in [0.3, 0.4) is 0 Å². The number of hydrogen-bond acceptors (Lipinski definition) is 6. The molecule has 1 aromatic carbocycles. The van der Waals surface area contributed by atoms with Gasteiger partial charge >= 0.3 is 6.09 Å². The quantitative estimate of drug-likeness (QED) is 0.706. The van der Waals surface area contributed by atoms with Gasteiger partial charge in [-0.25, -0.2) is 14.2 Å². The average molecular weight is 433 g/mol. The Labute approximate surface area is 181 Å². The highest BCUT2D eigenvalue weighted by Crippen LogP contribution is 2.43. The van der Waals surface area contributed by atoms with Gasteiger partial charge in [-0.15, -0.1) is 0 Å². The number of benzene rings is 1. The molecule has 1 atom stereocenters. The summed E-state index contributed by atoms with van der Waals surface area (Å²) in [5, 5.41) is 0.944. The third kappa shape index (κ3) is 4.43. The first-order valence-corrected chi connectivity index (χ1v) is 11.2. The van der Waals surface area contributed by atoms with E-state index in [2.05, 4.69) is 9.27 Å². The van der Waals surface area contributed by atoms with Crippen LogP contribution in [-0.4, -0.2) is 52.1 Å². The predicted octanol–water partition coefficient (Wildman–Crippen LogP) is 4.67. The molecule has 2 fully saturated rings. The second kappa shape index (κ2) is 7.80. The lowest BCUT2D eigenvalue weighted by molar-refractivity contribution is 0.00597. The first kappa shape index (κ1) is 21.0. The number of halogens is 1. The molecule has 1 aromatic heterocycles. The average Bonchev–Trinajstić information content (AvgIpc) is 3.14. The molecule has 1 unspecified atom stereocenters. The summed E-state index contributed by atoms with van der Waals surface area (Å²) >= 11 is 1.42. The van der Waals surface area contributed by atoms with E-state index in [1.165, 1.54) is 23.7 Å². The minimum atomic E-state index is -0.458. The first-order chi connectivity index (χ1) is 14.1. The Morgan fingerprint density at radius 2 is 1.83 bits per heavy atom. The molecule has 2 saturated heterocycles. The van der Waals surface area contributed by atoms with Gasteiger partial charge in [0.2, 0.25) is 5.13 Å². The minimum Gasteiger partial charge on any atom is -0.444 e. The van der Waals surface area contributed by atoms with E-state index >= 15 is 0 Å². The van der Waals surface area contributed by atoms with Crippen molar-refractivity contribution in [3.8, 4) is 0 Å². The lowest BCUT2D eigenvalue weighted by Gasteiger charge is -2.53. The topological polar surface area (TPSA) is 58.6 Å². The zero-order chi connectivity index (χ0) is 21.5. The summed E-state index contributed by atoms with van der Waals surface area (Å²) in [6, 6.07) is 6.53. The minimum absolute atomic E-state index is 0.0305. The monoisotopic (exact) mass is 432 g/mol. The van der Waals surface area contributed by atoms with Crippen LogP contribution in [0.5, 0.6) is 0 Å². The van der Waals surface area contributed by atoms with E-state index in [1.54, 1.807) is 12.1 Å². The Morgan fingerprint density at radius 3 is 2.43 bits per heavy atom. The standard InChI is InChI=1S/C22H29FN4O2S/c1-15(16-5-7-17(23)8-6-16)18-24-19(30-25-18)27-13-22(14-27)9-11-26(12-10-22)20(28)29-21(2,3)4/h5-8,15H,9-14H2,1-4H3. The highest BCUT2D eigenvalue weighted by molar-refractivity contribution is 7.09. The molecular weight excluding hydrogens is 403 g/mol. The molecule has 0 aliphatic carbocycles. The van der Waals surface area contributed by atoms with E-state index in [0.29, 0.717) is 0 Å². The molecule has 0 bridgehead atoms. The maximum absolute atomic E-state index is 13.2. The molecule has 1 amide bonds. The summed E-state index contributed by atoms with van der Waals surface area (Å²) in [7, 11) is 0. The molecule has 2 aliphatic rings. The molecule has 4 rings (SSSR count). The van der Waals surface area contributed by atoms with Gasteiger partial charge in [0, 0.05) is 49.0 Å². The number of ether oxygens (including phenoxy) is 1. The van der Waals surface area contributed by atoms with Gasteiger partial charge in [-0.2, -0.15) is 4.37 Å². The highest BCUT2D eigenvalue weighted by Gasteiger charge is 2.47. The summed E-state index contributed by atoms with van der Waals surface area (Å²) in [6.07, 6.45) is 1.76. The molecule has 0 N–H and O–H groups in total. The van der Waals surface area contributed by atoms with Crippen LogP contribution in [0.1, 0.15) is 57.8 Å². The lowest BCUT2D eigenvalue weighted by atomic mass is 9.72. The van der Waals surface area contributed by atoms with Crippen molar-refractivity contribution < 1.29 is 13.9 Å². The largest absolute Gasteiger partial charge is 0.444 e. The Balaban J connectivity index is 1.31. The summed E-state index contributed by atoms with van der Waals surface area (Å²) < 4.78 is 23.2. The van der Waals surface area contributed by atoms with E-state index in [0.717, 1.165) is 55.5 Å². The van der Waals surface area contributed by atoms with E-state index in [4.69, 9.17) is 9.72 Å². The van der Waals surface area contributed by atoms with Crippen LogP contribution in [0.15, 0.2) is 24.3 Å². The number of anilines is 1. The van der Waals surface area contributed by atoms with Gasteiger partial charge in [0.25, 0.3) is 0 Å². The van der Waals surface area contributed by atoms with Gasteiger partial charge in [0.05, 0.1) is 0 Å². The van der Waals surface area contributed by atoms with Gasteiger partial charge in [0.1, 0.15) is 11.4 Å². The molecule has 30 heavy (non-hydrogen) atoms. The zero-order valence-corrected chi connectivity index (χ0v) is 18.8. The number of rotatable bonds is 3. The zero-order valence-electron chi connectivity index (χ0n) is 18.0. The maximum atomic E-state index is 13.2.